The van der Waals surface area contributed by atoms with Crippen molar-refractivity contribution in [1.29, 1.82) is 0 Å². The summed E-state index contributed by atoms with van der Waals surface area (Å²) in [6.45, 7) is 1.87. The predicted octanol–water partition coefficient (Wildman–Crippen LogP) is 1.54. The van der Waals surface area contributed by atoms with E-state index in [9.17, 15) is 4.79 Å². The lowest BCUT2D eigenvalue weighted by atomic mass is 9.93. The molecule has 0 aliphatic heterocycles. The van der Waals surface area contributed by atoms with Crippen molar-refractivity contribution in [3.8, 4) is 0 Å². The molecule has 4 nitrogen and oxygen atoms in total. The molecular weight excluding hydrogens is 180 g/mol. The van der Waals surface area contributed by atoms with Gasteiger partial charge >= 0.3 is 5.97 Å². The van der Waals surface area contributed by atoms with Gasteiger partial charge in [0.15, 0.2) is 0 Å². The van der Waals surface area contributed by atoms with Gasteiger partial charge < -0.3 is 5.11 Å². The van der Waals surface area contributed by atoms with Gasteiger partial charge in [-0.1, -0.05) is 0 Å². The van der Waals surface area contributed by atoms with E-state index in [1.807, 2.05) is 17.8 Å². The molecule has 1 aliphatic carbocycles. The standard InChI is InChI=1S/C10H14N2O2/c1-7-8(5-10(13)14)6-12(11-7)9-3-2-4-9/h6,9H,2-5H2,1H3,(H,13,14). The zero-order valence-corrected chi connectivity index (χ0v) is 8.23. The highest BCUT2D eigenvalue weighted by atomic mass is 16.4. The summed E-state index contributed by atoms with van der Waals surface area (Å²) in [6, 6.07) is 0.510. The minimum absolute atomic E-state index is 0.0819. The van der Waals surface area contributed by atoms with Crippen LogP contribution in [0.4, 0.5) is 0 Å². The van der Waals surface area contributed by atoms with E-state index >= 15 is 0 Å². The molecule has 0 atom stereocenters. The Bertz CT molecular complexity index is 353. The van der Waals surface area contributed by atoms with Gasteiger partial charge in [0, 0.05) is 11.8 Å². The van der Waals surface area contributed by atoms with Crippen LogP contribution in [-0.2, 0) is 11.2 Å². The smallest absolute Gasteiger partial charge is 0.307 e. The molecule has 4 heteroatoms. The normalized spacial score (nSPS) is 16.6. The van der Waals surface area contributed by atoms with Crippen LogP contribution in [0.1, 0.15) is 36.6 Å². The van der Waals surface area contributed by atoms with Crippen LogP contribution >= 0.6 is 0 Å². The highest BCUT2D eigenvalue weighted by Crippen LogP contribution is 2.31. The fraction of sp³-hybridized carbons (Fsp3) is 0.600. The van der Waals surface area contributed by atoms with E-state index in [1.165, 1.54) is 19.3 Å². The van der Waals surface area contributed by atoms with Crippen molar-refractivity contribution >= 4 is 5.97 Å². The zero-order chi connectivity index (χ0) is 10.1. The first-order valence-corrected chi connectivity index (χ1v) is 4.93. The Hall–Kier alpha value is -1.32. The number of aryl methyl sites for hydroxylation is 1. The number of aliphatic carboxylic acids is 1. The second kappa shape index (κ2) is 3.44. The van der Waals surface area contributed by atoms with Crippen LogP contribution in [0, 0.1) is 6.92 Å². The molecule has 0 unspecified atom stereocenters. The highest BCUT2D eigenvalue weighted by Gasteiger charge is 2.21. The van der Waals surface area contributed by atoms with Crippen LogP contribution in [0.5, 0.6) is 0 Å². The fourth-order valence-electron chi connectivity index (χ4n) is 1.69. The van der Waals surface area contributed by atoms with Crippen molar-refractivity contribution in [2.75, 3.05) is 0 Å². The van der Waals surface area contributed by atoms with Gasteiger partial charge in [0.05, 0.1) is 18.2 Å². The molecule has 1 aromatic rings. The van der Waals surface area contributed by atoms with Crippen molar-refractivity contribution in [1.82, 2.24) is 9.78 Å². The Morgan fingerprint density at radius 1 is 1.71 bits per heavy atom. The van der Waals surface area contributed by atoms with Crippen molar-refractivity contribution < 1.29 is 9.90 Å². The Balaban J connectivity index is 2.16. The third-order valence-electron chi connectivity index (χ3n) is 2.81. The maximum Gasteiger partial charge on any atom is 0.307 e. The van der Waals surface area contributed by atoms with Gasteiger partial charge in [-0.25, -0.2) is 0 Å². The molecule has 0 bridgehead atoms. The van der Waals surface area contributed by atoms with Crippen molar-refractivity contribution in [2.45, 2.75) is 38.6 Å². The quantitative estimate of drug-likeness (QED) is 0.794. The van der Waals surface area contributed by atoms with Crippen molar-refractivity contribution in [3.63, 3.8) is 0 Å². The second-order valence-electron chi connectivity index (χ2n) is 3.88. The van der Waals surface area contributed by atoms with E-state index in [4.69, 9.17) is 5.11 Å². The summed E-state index contributed by atoms with van der Waals surface area (Å²) in [5.74, 6) is -0.791. The molecule has 1 heterocycles. The van der Waals surface area contributed by atoms with E-state index in [0.717, 1.165) is 11.3 Å². The van der Waals surface area contributed by atoms with E-state index in [0.29, 0.717) is 6.04 Å². The topological polar surface area (TPSA) is 55.1 Å². The molecule has 0 saturated heterocycles. The van der Waals surface area contributed by atoms with Gasteiger partial charge in [-0.2, -0.15) is 5.10 Å². The van der Waals surface area contributed by atoms with Gasteiger partial charge in [0.2, 0.25) is 0 Å². The molecule has 1 saturated carbocycles. The summed E-state index contributed by atoms with van der Waals surface area (Å²) in [6.07, 6.45) is 5.57. The molecule has 0 radical (unpaired) electrons. The van der Waals surface area contributed by atoms with Gasteiger partial charge in [-0.3, -0.25) is 9.48 Å². The van der Waals surface area contributed by atoms with E-state index in [-0.39, 0.29) is 6.42 Å². The molecule has 1 aromatic heterocycles. The second-order valence-corrected chi connectivity index (χ2v) is 3.88. The average Bonchev–Trinajstić information content (AvgIpc) is 2.27. The predicted molar refractivity (Wildman–Crippen MR) is 51.2 cm³/mol. The Morgan fingerprint density at radius 2 is 2.43 bits per heavy atom. The summed E-state index contributed by atoms with van der Waals surface area (Å²) >= 11 is 0. The lowest BCUT2D eigenvalue weighted by Crippen LogP contribution is -2.17. The zero-order valence-electron chi connectivity index (χ0n) is 8.23. The number of carbonyl (C=O) groups is 1. The number of hydrogen-bond acceptors (Lipinski definition) is 2. The molecule has 1 aliphatic rings. The van der Waals surface area contributed by atoms with E-state index < -0.39 is 5.97 Å². The summed E-state index contributed by atoms with van der Waals surface area (Å²) in [5, 5.41) is 13.0. The Labute approximate surface area is 82.5 Å². The SMILES string of the molecule is Cc1nn(C2CCC2)cc1CC(=O)O. The lowest BCUT2D eigenvalue weighted by Gasteiger charge is -2.25. The largest absolute Gasteiger partial charge is 0.481 e. The molecular formula is C10H14N2O2. The van der Waals surface area contributed by atoms with Gasteiger partial charge in [0.1, 0.15) is 0 Å². The third kappa shape index (κ3) is 1.64. The van der Waals surface area contributed by atoms with Crippen LogP contribution in [0.25, 0.3) is 0 Å². The van der Waals surface area contributed by atoms with Gasteiger partial charge in [0.25, 0.3) is 0 Å². The van der Waals surface area contributed by atoms with Crippen molar-refractivity contribution in [2.24, 2.45) is 0 Å². The third-order valence-corrected chi connectivity index (χ3v) is 2.81. The fourth-order valence-corrected chi connectivity index (χ4v) is 1.69. The number of aromatic nitrogens is 2. The average molecular weight is 194 g/mol. The maximum atomic E-state index is 10.5. The van der Waals surface area contributed by atoms with Crippen LogP contribution in [0.3, 0.4) is 0 Å². The lowest BCUT2D eigenvalue weighted by molar-refractivity contribution is -0.136. The molecule has 0 spiro atoms. The molecule has 1 N–H and O–H groups in total. The number of hydrogen-bond donors (Lipinski definition) is 1. The monoisotopic (exact) mass is 194 g/mol. The Kier molecular flexibility index (Phi) is 2.27. The first kappa shape index (κ1) is 9.24. The molecule has 0 aromatic carbocycles. The first-order valence-electron chi connectivity index (χ1n) is 4.93. The van der Waals surface area contributed by atoms with Crippen molar-refractivity contribution in [3.05, 3.63) is 17.5 Å². The minimum Gasteiger partial charge on any atom is -0.481 e. The molecule has 14 heavy (non-hydrogen) atoms. The van der Waals surface area contributed by atoms with E-state index in [1.54, 1.807) is 0 Å². The summed E-state index contributed by atoms with van der Waals surface area (Å²) in [4.78, 5) is 10.5. The Morgan fingerprint density at radius 3 is 2.93 bits per heavy atom. The number of rotatable bonds is 3. The van der Waals surface area contributed by atoms with E-state index in [2.05, 4.69) is 5.10 Å². The number of carboxylic acids is 1. The highest BCUT2D eigenvalue weighted by molar-refractivity contribution is 5.70. The summed E-state index contributed by atoms with van der Waals surface area (Å²) < 4.78 is 1.93. The van der Waals surface area contributed by atoms with Crippen LogP contribution in [0.15, 0.2) is 6.20 Å². The summed E-state index contributed by atoms with van der Waals surface area (Å²) in [5.41, 5.74) is 1.68. The minimum atomic E-state index is -0.791. The number of nitrogens with zero attached hydrogens (tertiary/aromatic N) is 2. The maximum absolute atomic E-state index is 10.5. The molecule has 0 amide bonds. The van der Waals surface area contributed by atoms with Crippen LogP contribution < -0.4 is 0 Å². The molecule has 76 valence electrons. The molecule has 1 fully saturated rings. The summed E-state index contributed by atoms with van der Waals surface area (Å²) in [7, 11) is 0. The van der Waals surface area contributed by atoms with Gasteiger partial charge in [-0.05, 0) is 26.2 Å². The van der Waals surface area contributed by atoms with Crippen LogP contribution in [-0.4, -0.2) is 20.9 Å². The van der Waals surface area contributed by atoms with Gasteiger partial charge in [-0.15, -0.1) is 0 Å². The van der Waals surface area contributed by atoms with Crippen LogP contribution in [0.2, 0.25) is 0 Å². The molecule has 2 rings (SSSR count). The number of carboxylic acid groups (broad SMARTS) is 1. The first-order chi connectivity index (χ1) is 6.66.